The monoisotopic (exact) mass is 481 g/mol. The molecule has 1 aliphatic heterocycles. The molecule has 7 nitrogen and oxygen atoms in total. The van der Waals surface area contributed by atoms with Crippen LogP contribution in [-0.4, -0.2) is 54.1 Å². The third-order valence-electron chi connectivity index (χ3n) is 5.50. The van der Waals surface area contributed by atoms with Gasteiger partial charge in [-0.1, -0.05) is 29.8 Å². The molecule has 2 aromatic heterocycles. The lowest BCUT2D eigenvalue weighted by atomic mass is 10.0. The minimum atomic E-state index is 0.0664. The van der Waals surface area contributed by atoms with Crippen molar-refractivity contribution in [3.63, 3.8) is 0 Å². The SMILES string of the molecule is COCc1nc(CC#N)nc(N2CCN(C(=O)c3cccs3)CC2)c1Cc1cccc(Cl)c1. The Labute approximate surface area is 202 Å². The molecular formula is C24H24ClN5O2S. The van der Waals surface area contributed by atoms with Crippen LogP contribution in [0.15, 0.2) is 41.8 Å². The van der Waals surface area contributed by atoms with Crippen molar-refractivity contribution in [2.24, 2.45) is 0 Å². The predicted octanol–water partition coefficient (Wildman–Crippen LogP) is 3.96. The molecule has 1 aliphatic rings. The third kappa shape index (κ3) is 5.50. The molecule has 0 atom stereocenters. The van der Waals surface area contributed by atoms with Gasteiger partial charge in [-0.3, -0.25) is 4.79 Å². The summed E-state index contributed by atoms with van der Waals surface area (Å²) in [5, 5.41) is 11.8. The molecule has 0 saturated carbocycles. The number of methoxy groups -OCH3 is 1. The average molecular weight is 482 g/mol. The van der Waals surface area contributed by atoms with Crippen molar-refractivity contribution >= 4 is 34.7 Å². The van der Waals surface area contributed by atoms with Crippen molar-refractivity contribution in [3.8, 4) is 6.07 Å². The van der Waals surface area contributed by atoms with Crippen molar-refractivity contribution in [2.75, 3.05) is 38.2 Å². The first kappa shape index (κ1) is 23.2. The summed E-state index contributed by atoms with van der Waals surface area (Å²) in [5.41, 5.74) is 2.77. The fourth-order valence-corrected chi connectivity index (χ4v) is 4.85. The Bertz CT molecular complexity index is 1150. The minimum absolute atomic E-state index is 0.0664. The highest BCUT2D eigenvalue weighted by atomic mass is 35.5. The van der Waals surface area contributed by atoms with Crippen LogP contribution in [0.5, 0.6) is 0 Å². The molecule has 1 fully saturated rings. The van der Waals surface area contributed by atoms with Crippen LogP contribution in [0, 0.1) is 11.3 Å². The van der Waals surface area contributed by atoms with Gasteiger partial charge in [0.25, 0.3) is 5.91 Å². The van der Waals surface area contributed by atoms with Gasteiger partial charge in [0.1, 0.15) is 11.6 Å². The number of rotatable bonds is 7. The number of nitriles is 1. The molecule has 0 N–H and O–H groups in total. The number of halogens is 1. The Kier molecular flexibility index (Phi) is 7.55. The summed E-state index contributed by atoms with van der Waals surface area (Å²) in [6, 6.07) is 13.6. The zero-order valence-corrected chi connectivity index (χ0v) is 19.9. The van der Waals surface area contributed by atoms with Crippen LogP contribution in [0.1, 0.15) is 32.3 Å². The van der Waals surface area contributed by atoms with E-state index in [1.807, 2.05) is 46.7 Å². The molecular weight excluding hydrogens is 458 g/mol. The van der Waals surface area contributed by atoms with Gasteiger partial charge in [0.15, 0.2) is 0 Å². The van der Waals surface area contributed by atoms with Crippen LogP contribution < -0.4 is 4.90 Å². The number of benzene rings is 1. The number of nitrogens with zero attached hydrogens (tertiary/aromatic N) is 5. The van der Waals surface area contributed by atoms with Gasteiger partial charge >= 0.3 is 0 Å². The lowest BCUT2D eigenvalue weighted by Gasteiger charge is -2.36. The molecule has 1 aromatic carbocycles. The van der Waals surface area contributed by atoms with Gasteiger partial charge in [0.2, 0.25) is 0 Å². The smallest absolute Gasteiger partial charge is 0.264 e. The number of hydrogen-bond donors (Lipinski definition) is 0. The summed E-state index contributed by atoms with van der Waals surface area (Å²) in [5.74, 6) is 1.34. The van der Waals surface area contributed by atoms with Gasteiger partial charge in [-0.15, -0.1) is 11.3 Å². The second-order valence-electron chi connectivity index (χ2n) is 7.72. The van der Waals surface area contributed by atoms with Crippen LogP contribution in [0.3, 0.4) is 0 Å². The van der Waals surface area contributed by atoms with E-state index in [9.17, 15) is 10.1 Å². The maximum absolute atomic E-state index is 12.7. The number of carbonyl (C=O) groups excluding carboxylic acids is 1. The van der Waals surface area contributed by atoms with Crippen LogP contribution in [0.25, 0.3) is 0 Å². The fraction of sp³-hybridized carbons (Fsp3) is 0.333. The van der Waals surface area contributed by atoms with Crippen molar-refractivity contribution in [2.45, 2.75) is 19.4 Å². The fourth-order valence-electron chi connectivity index (χ4n) is 3.94. The second kappa shape index (κ2) is 10.8. The Morgan fingerprint density at radius 1 is 1.21 bits per heavy atom. The molecule has 4 rings (SSSR count). The first-order chi connectivity index (χ1) is 16.1. The second-order valence-corrected chi connectivity index (χ2v) is 9.10. The van der Waals surface area contributed by atoms with E-state index in [1.165, 1.54) is 11.3 Å². The molecule has 3 aromatic rings. The molecule has 0 unspecified atom stereocenters. The Morgan fingerprint density at radius 2 is 2.03 bits per heavy atom. The third-order valence-corrected chi connectivity index (χ3v) is 6.60. The number of aromatic nitrogens is 2. The number of ether oxygens (including phenoxy) is 1. The van der Waals surface area contributed by atoms with E-state index in [-0.39, 0.29) is 12.3 Å². The van der Waals surface area contributed by atoms with E-state index in [0.29, 0.717) is 50.1 Å². The number of piperazine rings is 1. The number of hydrogen-bond acceptors (Lipinski definition) is 7. The van der Waals surface area contributed by atoms with E-state index in [2.05, 4.69) is 16.0 Å². The zero-order chi connectivity index (χ0) is 23.2. The van der Waals surface area contributed by atoms with E-state index >= 15 is 0 Å². The van der Waals surface area contributed by atoms with Crippen LogP contribution in [0.2, 0.25) is 5.02 Å². The highest BCUT2D eigenvalue weighted by Gasteiger charge is 2.26. The summed E-state index contributed by atoms with van der Waals surface area (Å²) in [6.07, 6.45) is 0.716. The zero-order valence-electron chi connectivity index (χ0n) is 18.3. The van der Waals surface area contributed by atoms with Gasteiger partial charge in [-0.05, 0) is 29.1 Å². The highest BCUT2D eigenvalue weighted by molar-refractivity contribution is 7.12. The Hall–Kier alpha value is -2.99. The lowest BCUT2D eigenvalue weighted by Crippen LogP contribution is -2.49. The van der Waals surface area contributed by atoms with Crippen molar-refractivity contribution in [3.05, 3.63) is 74.3 Å². The molecule has 170 valence electrons. The quantitative estimate of drug-likeness (QED) is 0.508. The van der Waals surface area contributed by atoms with Gasteiger partial charge in [-0.2, -0.15) is 5.26 Å². The maximum atomic E-state index is 12.7. The van der Waals surface area contributed by atoms with Crippen molar-refractivity contribution in [1.82, 2.24) is 14.9 Å². The lowest BCUT2D eigenvalue weighted by molar-refractivity contribution is 0.0751. The summed E-state index contributed by atoms with van der Waals surface area (Å²) in [4.78, 5) is 27.0. The van der Waals surface area contributed by atoms with Gasteiger partial charge in [0, 0.05) is 50.3 Å². The molecule has 1 saturated heterocycles. The van der Waals surface area contributed by atoms with Crippen LogP contribution in [0.4, 0.5) is 5.82 Å². The Balaban J connectivity index is 1.64. The minimum Gasteiger partial charge on any atom is -0.378 e. The Morgan fingerprint density at radius 3 is 2.70 bits per heavy atom. The highest BCUT2D eigenvalue weighted by Crippen LogP contribution is 2.27. The molecule has 0 spiro atoms. The maximum Gasteiger partial charge on any atom is 0.264 e. The largest absolute Gasteiger partial charge is 0.378 e. The van der Waals surface area contributed by atoms with Gasteiger partial charge in [0.05, 0.1) is 29.7 Å². The summed E-state index contributed by atoms with van der Waals surface area (Å²) in [7, 11) is 1.63. The standard InChI is InChI=1S/C24H24ClN5O2S/c1-32-16-20-19(15-17-4-2-5-18(25)14-17)23(28-22(27-20)7-8-26)29-9-11-30(12-10-29)24(31)21-6-3-13-33-21/h2-6,13-14H,7,9-12,15-16H2,1H3. The number of anilines is 1. The first-order valence-electron chi connectivity index (χ1n) is 10.7. The molecule has 0 aliphatic carbocycles. The van der Waals surface area contributed by atoms with Gasteiger partial charge in [-0.25, -0.2) is 9.97 Å². The summed E-state index contributed by atoms with van der Waals surface area (Å²) >= 11 is 7.68. The average Bonchev–Trinajstić information content (AvgIpc) is 3.36. The first-order valence-corrected chi connectivity index (χ1v) is 11.9. The molecule has 9 heteroatoms. The van der Waals surface area contributed by atoms with Crippen LogP contribution >= 0.6 is 22.9 Å². The number of carbonyl (C=O) groups is 1. The molecule has 3 heterocycles. The van der Waals surface area contributed by atoms with Crippen molar-refractivity contribution in [1.29, 1.82) is 5.26 Å². The van der Waals surface area contributed by atoms with E-state index in [4.69, 9.17) is 21.3 Å². The normalized spacial score (nSPS) is 13.7. The van der Waals surface area contributed by atoms with E-state index < -0.39 is 0 Å². The summed E-state index contributed by atoms with van der Waals surface area (Å²) < 4.78 is 5.43. The molecule has 0 radical (unpaired) electrons. The van der Waals surface area contributed by atoms with E-state index in [0.717, 1.165) is 27.5 Å². The van der Waals surface area contributed by atoms with Crippen molar-refractivity contribution < 1.29 is 9.53 Å². The number of amides is 1. The molecule has 0 bridgehead atoms. The topological polar surface area (TPSA) is 82.3 Å². The van der Waals surface area contributed by atoms with Gasteiger partial charge < -0.3 is 14.5 Å². The van der Waals surface area contributed by atoms with E-state index in [1.54, 1.807) is 7.11 Å². The molecule has 33 heavy (non-hydrogen) atoms. The summed E-state index contributed by atoms with van der Waals surface area (Å²) in [6.45, 7) is 2.82. The molecule has 1 amide bonds. The number of thiophene rings is 1. The predicted molar refractivity (Wildman–Crippen MR) is 129 cm³/mol. The van der Waals surface area contributed by atoms with Crippen LogP contribution in [-0.2, 0) is 24.2 Å².